The minimum atomic E-state index is -0.616. The number of anilines is 4. The van der Waals surface area contributed by atoms with Gasteiger partial charge in [0.05, 0.1) is 15.6 Å². The maximum absolute atomic E-state index is 11.6. The Labute approximate surface area is 173 Å². The molecule has 7 nitrogen and oxygen atoms in total. The highest BCUT2D eigenvalue weighted by atomic mass is 35.5. The van der Waals surface area contributed by atoms with Crippen molar-refractivity contribution in [3.63, 3.8) is 0 Å². The first kappa shape index (κ1) is 19.4. The van der Waals surface area contributed by atoms with E-state index < -0.39 is 4.92 Å². The molecule has 0 fully saturated rings. The quantitative estimate of drug-likeness (QED) is 0.345. The summed E-state index contributed by atoms with van der Waals surface area (Å²) in [6.45, 7) is 0. The molecule has 0 atom stereocenters. The molecule has 0 amide bonds. The number of halogens is 4. The summed E-state index contributed by atoms with van der Waals surface area (Å²) in [5.41, 5.74) is 0.411. The zero-order chi connectivity index (χ0) is 19.6. The number of nitrogens with zero attached hydrogens (tertiary/aromatic N) is 3. The van der Waals surface area contributed by atoms with Crippen molar-refractivity contribution in [2.75, 3.05) is 10.6 Å². The molecule has 0 aliphatic heterocycles. The molecule has 0 saturated heterocycles. The van der Waals surface area contributed by atoms with Crippen molar-refractivity contribution in [2.24, 2.45) is 0 Å². The summed E-state index contributed by atoms with van der Waals surface area (Å²) in [5, 5.41) is 18.7. The average molecular weight is 445 g/mol. The Hall–Kier alpha value is -2.32. The van der Waals surface area contributed by atoms with E-state index in [2.05, 4.69) is 20.6 Å². The Kier molecular flexibility index (Phi) is 5.86. The second-order valence-corrected chi connectivity index (χ2v) is 6.93. The van der Waals surface area contributed by atoms with Gasteiger partial charge in [0.1, 0.15) is 6.33 Å². The summed E-state index contributed by atoms with van der Waals surface area (Å²) in [6, 6.07) is 9.34. The standard InChI is InChI=1S/C16H9Cl4N5O2/c17-8-1-2-12(20)13(6-8)24-16-14(25(26)27)15(21-7-22-16)23-11-4-9(18)3-10(19)5-11/h1-7H,(H2,21,22,23,24). The molecule has 1 heterocycles. The van der Waals surface area contributed by atoms with E-state index in [0.29, 0.717) is 31.5 Å². The summed E-state index contributed by atoms with van der Waals surface area (Å²) < 4.78 is 0. The van der Waals surface area contributed by atoms with Crippen molar-refractivity contribution >= 4 is 75.1 Å². The molecule has 1 aromatic heterocycles. The van der Waals surface area contributed by atoms with E-state index in [1.54, 1.807) is 24.3 Å². The van der Waals surface area contributed by atoms with Gasteiger partial charge < -0.3 is 10.6 Å². The second-order valence-electron chi connectivity index (χ2n) is 5.21. The molecular formula is C16H9Cl4N5O2. The molecule has 0 spiro atoms. The van der Waals surface area contributed by atoms with Crippen molar-refractivity contribution in [3.05, 3.63) is 72.9 Å². The van der Waals surface area contributed by atoms with Gasteiger partial charge in [0.15, 0.2) is 0 Å². The first-order valence-corrected chi connectivity index (χ1v) is 8.79. The van der Waals surface area contributed by atoms with E-state index in [-0.39, 0.29) is 17.3 Å². The van der Waals surface area contributed by atoms with Gasteiger partial charge in [-0.1, -0.05) is 46.4 Å². The predicted octanol–water partition coefficient (Wildman–Crippen LogP) is 6.49. The maximum Gasteiger partial charge on any atom is 0.353 e. The highest BCUT2D eigenvalue weighted by molar-refractivity contribution is 6.35. The third kappa shape index (κ3) is 4.70. The number of aromatic nitrogens is 2. The first-order valence-electron chi connectivity index (χ1n) is 7.28. The normalized spacial score (nSPS) is 10.5. The van der Waals surface area contributed by atoms with Gasteiger partial charge in [-0.25, -0.2) is 9.97 Å². The molecule has 2 aromatic carbocycles. The van der Waals surface area contributed by atoms with Crippen molar-refractivity contribution in [2.45, 2.75) is 0 Å². The lowest BCUT2D eigenvalue weighted by atomic mass is 10.3. The van der Waals surface area contributed by atoms with Gasteiger partial charge in [-0.05, 0) is 36.4 Å². The minimum absolute atomic E-state index is 0.0472. The van der Waals surface area contributed by atoms with Gasteiger partial charge in [0, 0.05) is 20.8 Å². The number of hydrogen-bond acceptors (Lipinski definition) is 6. The summed E-state index contributed by atoms with van der Waals surface area (Å²) >= 11 is 24.0. The van der Waals surface area contributed by atoms with E-state index in [9.17, 15) is 10.1 Å². The Bertz CT molecular complexity index is 1010. The summed E-state index contributed by atoms with van der Waals surface area (Å²) in [5.74, 6) is -0.108. The molecule has 0 radical (unpaired) electrons. The minimum Gasteiger partial charge on any atom is -0.334 e. The van der Waals surface area contributed by atoms with E-state index in [0.717, 1.165) is 0 Å². The van der Waals surface area contributed by atoms with Gasteiger partial charge in [-0.15, -0.1) is 0 Å². The summed E-state index contributed by atoms with van der Waals surface area (Å²) in [7, 11) is 0. The number of benzene rings is 2. The van der Waals surface area contributed by atoms with Crippen molar-refractivity contribution in [1.82, 2.24) is 9.97 Å². The van der Waals surface area contributed by atoms with Crippen LogP contribution in [0.15, 0.2) is 42.7 Å². The third-order valence-corrected chi connectivity index (χ3v) is 4.31. The molecule has 27 heavy (non-hydrogen) atoms. The summed E-state index contributed by atoms with van der Waals surface area (Å²) in [6.07, 6.45) is 1.17. The maximum atomic E-state index is 11.6. The zero-order valence-electron chi connectivity index (χ0n) is 13.2. The van der Waals surface area contributed by atoms with Crippen LogP contribution in [0.4, 0.5) is 28.7 Å². The van der Waals surface area contributed by atoms with Crippen molar-refractivity contribution in [1.29, 1.82) is 0 Å². The Morgan fingerprint density at radius 1 is 0.852 bits per heavy atom. The molecule has 0 bridgehead atoms. The topological polar surface area (TPSA) is 93.0 Å². The fraction of sp³-hybridized carbons (Fsp3) is 0. The lowest BCUT2D eigenvalue weighted by Gasteiger charge is -2.11. The monoisotopic (exact) mass is 443 g/mol. The fourth-order valence-corrected chi connectivity index (χ4v) is 3.08. The molecule has 0 aliphatic rings. The van der Waals surface area contributed by atoms with Crippen LogP contribution >= 0.6 is 46.4 Å². The zero-order valence-corrected chi connectivity index (χ0v) is 16.2. The largest absolute Gasteiger partial charge is 0.353 e. The fourth-order valence-electron chi connectivity index (χ4n) is 2.22. The third-order valence-electron chi connectivity index (χ3n) is 3.31. The average Bonchev–Trinajstić information content (AvgIpc) is 2.57. The van der Waals surface area contributed by atoms with Crippen LogP contribution < -0.4 is 10.6 Å². The highest BCUT2D eigenvalue weighted by Gasteiger charge is 2.24. The molecule has 0 saturated carbocycles. The molecule has 0 aliphatic carbocycles. The molecule has 138 valence electrons. The van der Waals surface area contributed by atoms with Crippen molar-refractivity contribution < 1.29 is 4.92 Å². The predicted molar refractivity (Wildman–Crippen MR) is 108 cm³/mol. The van der Waals surface area contributed by atoms with Gasteiger partial charge in [0.2, 0.25) is 11.6 Å². The molecule has 2 N–H and O–H groups in total. The first-order chi connectivity index (χ1) is 12.8. The Morgan fingerprint density at radius 3 is 2.11 bits per heavy atom. The lowest BCUT2D eigenvalue weighted by Crippen LogP contribution is -2.05. The van der Waals surface area contributed by atoms with E-state index >= 15 is 0 Å². The molecule has 0 unspecified atom stereocenters. The van der Waals surface area contributed by atoms with E-state index in [1.807, 2.05) is 0 Å². The van der Waals surface area contributed by atoms with E-state index in [1.165, 1.54) is 18.5 Å². The molecule has 3 rings (SSSR count). The SMILES string of the molecule is O=[N+]([O-])c1c(Nc2cc(Cl)cc(Cl)c2)ncnc1Nc1cc(Cl)ccc1Cl. The smallest absolute Gasteiger partial charge is 0.334 e. The Morgan fingerprint density at radius 2 is 1.48 bits per heavy atom. The summed E-state index contributed by atoms with van der Waals surface area (Å²) in [4.78, 5) is 18.9. The molecular weight excluding hydrogens is 436 g/mol. The number of rotatable bonds is 5. The molecule has 11 heteroatoms. The van der Waals surface area contributed by atoms with Gasteiger partial charge in [-0.2, -0.15) is 0 Å². The molecule has 3 aromatic rings. The van der Waals surface area contributed by atoms with E-state index in [4.69, 9.17) is 46.4 Å². The van der Waals surface area contributed by atoms with Gasteiger partial charge >= 0.3 is 5.69 Å². The van der Waals surface area contributed by atoms with Crippen LogP contribution in [-0.4, -0.2) is 14.9 Å². The number of nitro groups is 1. The van der Waals surface area contributed by atoms with Crippen LogP contribution in [-0.2, 0) is 0 Å². The van der Waals surface area contributed by atoms with Crippen LogP contribution in [0.5, 0.6) is 0 Å². The highest BCUT2D eigenvalue weighted by Crippen LogP contribution is 2.36. The van der Waals surface area contributed by atoms with Crippen LogP contribution in [0.2, 0.25) is 20.1 Å². The lowest BCUT2D eigenvalue weighted by molar-refractivity contribution is -0.383. The number of nitrogens with one attached hydrogen (secondary N) is 2. The van der Waals surface area contributed by atoms with Crippen LogP contribution in [0.3, 0.4) is 0 Å². The van der Waals surface area contributed by atoms with Crippen LogP contribution in [0.1, 0.15) is 0 Å². The Balaban J connectivity index is 2.02. The van der Waals surface area contributed by atoms with Crippen LogP contribution in [0.25, 0.3) is 0 Å². The van der Waals surface area contributed by atoms with Crippen LogP contribution in [0, 0.1) is 10.1 Å². The van der Waals surface area contributed by atoms with Crippen molar-refractivity contribution in [3.8, 4) is 0 Å². The van der Waals surface area contributed by atoms with Gasteiger partial charge in [-0.3, -0.25) is 10.1 Å². The van der Waals surface area contributed by atoms with Gasteiger partial charge in [0.25, 0.3) is 0 Å². The second kappa shape index (κ2) is 8.14. The number of hydrogen-bond donors (Lipinski definition) is 2.